The van der Waals surface area contributed by atoms with Crippen LogP contribution in [-0.4, -0.2) is 50.0 Å². The van der Waals surface area contributed by atoms with Gasteiger partial charge in [-0.25, -0.2) is 4.39 Å². The molecule has 0 saturated carbocycles. The molecule has 0 spiro atoms. The van der Waals surface area contributed by atoms with E-state index in [2.05, 4.69) is 4.90 Å². The standard InChI is InChI=1S/C8H17FN2O/c1-7(10)8-6-11(3-2-9)4-5-12-8/h7-8H,2-6,10H2,1H3. The van der Waals surface area contributed by atoms with Gasteiger partial charge in [-0.2, -0.15) is 0 Å². The molecule has 0 aromatic heterocycles. The van der Waals surface area contributed by atoms with Gasteiger partial charge in [0, 0.05) is 25.7 Å². The van der Waals surface area contributed by atoms with Gasteiger partial charge in [0.25, 0.3) is 0 Å². The molecule has 0 aliphatic carbocycles. The molecule has 1 fully saturated rings. The Labute approximate surface area is 72.7 Å². The molecule has 2 N–H and O–H groups in total. The molecule has 1 aliphatic rings. The SMILES string of the molecule is CC(N)C1CN(CCF)CCO1. The van der Waals surface area contributed by atoms with Gasteiger partial charge in [0.2, 0.25) is 0 Å². The van der Waals surface area contributed by atoms with Crippen LogP contribution in [0.15, 0.2) is 0 Å². The van der Waals surface area contributed by atoms with Gasteiger partial charge in [0.15, 0.2) is 0 Å². The summed E-state index contributed by atoms with van der Waals surface area (Å²) < 4.78 is 17.4. The lowest BCUT2D eigenvalue weighted by molar-refractivity contribution is -0.0387. The minimum Gasteiger partial charge on any atom is -0.374 e. The minimum atomic E-state index is -0.286. The maximum absolute atomic E-state index is 12.0. The second kappa shape index (κ2) is 4.74. The van der Waals surface area contributed by atoms with Crippen molar-refractivity contribution in [2.75, 3.05) is 32.9 Å². The predicted octanol–water partition coefficient (Wildman–Crippen LogP) is 0.00390. The maximum Gasteiger partial charge on any atom is 0.102 e. The van der Waals surface area contributed by atoms with E-state index >= 15 is 0 Å². The normalized spacial score (nSPS) is 28.8. The molecule has 3 nitrogen and oxygen atoms in total. The summed E-state index contributed by atoms with van der Waals surface area (Å²) in [5.74, 6) is 0. The third-order valence-corrected chi connectivity index (χ3v) is 2.16. The van der Waals surface area contributed by atoms with Crippen LogP contribution >= 0.6 is 0 Å². The van der Waals surface area contributed by atoms with Crippen molar-refractivity contribution in [3.05, 3.63) is 0 Å². The maximum atomic E-state index is 12.0. The average Bonchev–Trinajstić information content (AvgIpc) is 2.05. The van der Waals surface area contributed by atoms with Gasteiger partial charge in [-0.05, 0) is 6.92 Å². The van der Waals surface area contributed by atoms with Crippen LogP contribution in [0.25, 0.3) is 0 Å². The molecule has 1 saturated heterocycles. The largest absolute Gasteiger partial charge is 0.374 e. The molecule has 1 aliphatic heterocycles. The predicted molar refractivity (Wildman–Crippen MR) is 45.8 cm³/mol. The van der Waals surface area contributed by atoms with Crippen molar-refractivity contribution < 1.29 is 9.13 Å². The lowest BCUT2D eigenvalue weighted by Crippen LogP contribution is -2.49. The van der Waals surface area contributed by atoms with Crippen molar-refractivity contribution in [2.24, 2.45) is 5.73 Å². The summed E-state index contributed by atoms with van der Waals surface area (Å²) in [6, 6.07) is 0.0346. The number of ether oxygens (including phenoxy) is 1. The monoisotopic (exact) mass is 176 g/mol. The Morgan fingerprint density at radius 1 is 1.75 bits per heavy atom. The number of hydrogen-bond donors (Lipinski definition) is 1. The van der Waals surface area contributed by atoms with Crippen molar-refractivity contribution in [1.82, 2.24) is 4.90 Å². The smallest absolute Gasteiger partial charge is 0.102 e. The molecule has 2 unspecified atom stereocenters. The fourth-order valence-electron chi connectivity index (χ4n) is 1.37. The van der Waals surface area contributed by atoms with E-state index in [1.54, 1.807) is 0 Å². The Morgan fingerprint density at radius 3 is 3.08 bits per heavy atom. The molecule has 4 heteroatoms. The number of morpholine rings is 1. The van der Waals surface area contributed by atoms with Crippen molar-refractivity contribution in [3.63, 3.8) is 0 Å². The van der Waals surface area contributed by atoms with Crippen molar-refractivity contribution in [2.45, 2.75) is 19.1 Å². The van der Waals surface area contributed by atoms with E-state index in [1.807, 2.05) is 6.92 Å². The number of rotatable bonds is 3. The number of nitrogens with two attached hydrogens (primary N) is 1. The van der Waals surface area contributed by atoms with Crippen LogP contribution in [0.3, 0.4) is 0 Å². The van der Waals surface area contributed by atoms with Gasteiger partial charge in [0.05, 0.1) is 12.7 Å². The molecule has 0 aromatic rings. The number of hydrogen-bond acceptors (Lipinski definition) is 3. The third kappa shape index (κ3) is 2.69. The van der Waals surface area contributed by atoms with Gasteiger partial charge in [-0.15, -0.1) is 0 Å². The highest BCUT2D eigenvalue weighted by Crippen LogP contribution is 2.06. The molecular weight excluding hydrogens is 159 g/mol. The lowest BCUT2D eigenvalue weighted by atomic mass is 10.1. The molecule has 0 radical (unpaired) electrons. The molecule has 0 bridgehead atoms. The molecule has 72 valence electrons. The summed E-state index contributed by atoms with van der Waals surface area (Å²) in [4.78, 5) is 2.05. The second-order valence-corrected chi connectivity index (χ2v) is 3.26. The second-order valence-electron chi connectivity index (χ2n) is 3.26. The van der Waals surface area contributed by atoms with Crippen LogP contribution in [0.4, 0.5) is 4.39 Å². The zero-order chi connectivity index (χ0) is 8.97. The molecule has 0 amide bonds. The first-order chi connectivity index (χ1) is 5.74. The van der Waals surface area contributed by atoms with E-state index < -0.39 is 0 Å². The van der Waals surface area contributed by atoms with Crippen LogP contribution in [0.2, 0.25) is 0 Å². The molecule has 1 heterocycles. The Bertz CT molecular complexity index is 130. The zero-order valence-corrected chi connectivity index (χ0v) is 7.50. The van der Waals surface area contributed by atoms with Crippen LogP contribution in [-0.2, 0) is 4.74 Å². The minimum absolute atomic E-state index is 0.0346. The van der Waals surface area contributed by atoms with Gasteiger partial charge in [-0.3, -0.25) is 4.90 Å². The highest BCUT2D eigenvalue weighted by Gasteiger charge is 2.22. The number of alkyl halides is 1. The van der Waals surface area contributed by atoms with Gasteiger partial charge >= 0.3 is 0 Å². The summed E-state index contributed by atoms with van der Waals surface area (Å²) in [6.45, 7) is 4.41. The Hall–Kier alpha value is -0.190. The third-order valence-electron chi connectivity index (χ3n) is 2.16. The van der Waals surface area contributed by atoms with Crippen LogP contribution in [0.5, 0.6) is 0 Å². The van der Waals surface area contributed by atoms with E-state index in [0.29, 0.717) is 13.2 Å². The Balaban J connectivity index is 2.30. The van der Waals surface area contributed by atoms with E-state index in [-0.39, 0.29) is 18.8 Å². The number of halogens is 1. The average molecular weight is 176 g/mol. The summed E-state index contributed by atoms with van der Waals surface area (Å²) in [5, 5.41) is 0. The topological polar surface area (TPSA) is 38.5 Å². The molecule has 12 heavy (non-hydrogen) atoms. The highest BCUT2D eigenvalue weighted by molar-refractivity contribution is 4.77. The van der Waals surface area contributed by atoms with Crippen LogP contribution in [0.1, 0.15) is 6.92 Å². The Kier molecular flexibility index (Phi) is 3.91. The van der Waals surface area contributed by atoms with Crippen molar-refractivity contribution >= 4 is 0 Å². The van der Waals surface area contributed by atoms with Gasteiger partial charge < -0.3 is 10.5 Å². The van der Waals surface area contributed by atoms with Crippen molar-refractivity contribution in [3.8, 4) is 0 Å². The first kappa shape index (κ1) is 9.89. The summed E-state index contributed by atoms with van der Waals surface area (Å²) in [5.41, 5.74) is 5.68. The Morgan fingerprint density at radius 2 is 2.50 bits per heavy atom. The van der Waals surface area contributed by atoms with E-state index in [4.69, 9.17) is 10.5 Å². The van der Waals surface area contributed by atoms with Gasteiger partial charge in [0.1, 0.15) is 6.67 Å². The fraction of sp³-hybridized carbons (Fsp3) is 1.00. The quantitative estimate of drug-likeness (QED) is 0.658. The molecule has 0 aromatic carbocycles. The van der Waals surface area contributed by atoms with E-state index in [0.717, 1.165) is 13.1 Å². The highest BCUT2D eigenvalue weighted by atomic mass is 19.1. The molecular formula is C8H17FN2O. The first-order valence-electron chi connectivity index (χ1n) is 4.39. The summed E-state index contributed by atoms with van der Waals surface area (Å²) in [6.07, 6.45) is 0.0744. The van der Waals surface area contributed by atoms with Crippen LogP contribution < -0.4 is 5.73 Å². The number of nitrogens with zero attached hydrogens (tertiary/aromatic N) is 1. The van der Waals surface area contributed by atoms with E-state index in [9.17, 15) is 4.39 Å². The lowest BCUT2D eigenvalue weighted by Gasteiger charge is -2.34. The van der Waals surface area contributed by atoms with Crippen molar-refractivity contribution in [1.29, 1.82) is 0 Å². The fourth-order valence-corrected chi connectivity index (χ4v) is 1.37. The van der Waals surface area contributed by atoms with Gasteiger partial charge in [-0.1, -0.05) is 0 Å². The molecule has 1 rings (SSSR count). The summed E-state index contributed by atoms with van der Waals surface area (Å²) in [7, 11) is 0. The first-order valence-corrected chi connectivity index (χ1v) is 4.39. The zero-order valence-electron chi connectivity index (χ0n) is 7.50. The van der Waals surface area contributed by atoms with E-state index in [1.165, 1.54) is 0 Å². The van der Waals surface area contributed by atoms with Crippen LogP contribution in [0, 0.1) is 0 Å². The summed E-state index contributed by atoms with van der Waals surface area (Å²) >= 11 is 0. The molecule has 2 atom stereocenters.